The van der Waals surface area contributed by atoms with Crippen LogP contribution in [0.4, 0.5) is 0 Å². The Morgan fingerprint density at radius 2 is 2.00 bits per heavy atom. The summed E-state index contributed by atoms with van der Waals surface area (Å²) in [6, 6.07) is 0. The monoisotopic (exact) mass is 157 g/mol. The van der Waals surface area contributed by atoms with Crippen LogP contribution in [0.25, 0.3) is 0 Å². The minimum Gasteiger partial charge on any atom is -0.378 e. The maximum Gasteiger partial charge on any atom is 0.107 e. The van der Waals surface area contributed by atoms with Gasteiger partial charge < -0.3 is 5.11 Å². The fraction of sp³-hybridized carbons (Fsp3) is 1.00. The van der Waals surface area contributed by atoms with Crippen LogP contribution in [-0.4, -0.2) is 29.3 Å². The first-order valence-electron chi connectivity index (χ1n) is 4.66. The normalized spacial score (nSPS) is 25.4. The lowest BCUT2D eigenvalue weighted by Crippen LogP contribution is -2.40. The van der Waals surface area contributed by atoms with Crippen molar-refractivity contribution in [2.24, 2.45) is 5.92 Å². The molecule has 66 valence electrons. The summed E-state index contributed by atoms with van der Waals surface area (Å²) in [4.78, 5) is 2.18. The van der Waals surface area contributed by atoms with E-state index in [-0.39, 0.29) is 6.23 Å². The van der Waals surface area contributed by atoms with Gasteiger partial charge in [-0.2, -0.15) is 0 Å². The van der Waals surface area contributed by atoms with E-state index in [9.17, 15) is 5.11 Å². The molecular weight excluding hydrogens is 138 g/mol. The fourth-order valence-electron chi connectivity index (χ4n) is 1.58. The number of likely N-dealkylation sites (tertiary alicyclic amines) is 1. The molecule has 1 rings (SSSR count). The second-order valence-corrected chi connectivity index (χ2v) is 3.61. The molecule has 1 heterocycles. The smallest absolute Gasteiger partial charge is 0.107 e. The lowest BCUT2D eigenvalue weighted by Gasteiger charge is -2.33. The first-order chi connectivity index (χ1) is 5.24. The minimum absolute atomic E-state index is 0.192. The summed E-state index contributed by atoms with van der Waals surface area (Å²) in [5.41, 5.74) is 0. The molecule has 1 saturated heterocycles. The molecule has 0 aromatic carbocycles. The van der Waals surface area contributed by atoms with Crippen molar-refractivity contribution in [1.29, 1.82) is 0 Å². The molecule has 1 N–H and O–H groups in total. The third-order valence-corrected chi connectivity index (χ3v) is 2.60. The third-order valence-electron chi connectivity index (χ3n) is 2.60. The largest absolute Gasteiger partial charge is 0.378 e. The molecular formula is C9H19NO. The molecule has 1 unspecified atom stereocenters. The van der Waals surface area contributed by atoms with Gasteiger partial charge in [-0.1, -0.05) is 13.8 Å². The molecule has 11 heavy (non-hydrogen) atoms. The van der Waals surface area contributed by atoms with Crippen LogP contribution < -0.4 is 0 Å². The van der Waals surface area contributed by atoms with Crippen molar-refractivity contribution in [3.63, 3.8) is 0 Å². The van der Waals surface area contributed by atoms with Crippen molar-refractivity contribution in [3.8, 4) is 0 Å². The van der Waals surface area contributed by atoms with Crippen molar-refractivity contribution in [2.75, 3.05) is 13.1 Å². The highest BCUT2D eigenvalue weighted by Crippen LogP contribution is 2.17. The van der Waals surface area contributed by atoms with E-state index in [1.165, 1.54) is 12.8 Å². The van der Waals surface area contributed by atoms with Crippen molar-refractivity contribution < 1.29 is 5.11 Å². The van der Waals surface area contributed by atoms with Crippen LogP contribution in [0, 0.1) is 5.92 Å². The quantitative estimate of drug-likeness (QED) is 0.655. The molecule has 0 amide bonds. The Balaban J connectivity index is 2.27. The standard InChI is InChI=1S/C9H19NO/c1-3-9(11)10-6-4-8(2)5-7-10/h8-9,11H,3-7H2,1-2H3. The van der Waals surface area contributed by atoms with Crippen molar-refractivity contribution in [3.05, 3.63) is 0 Å². The minimum atomic E-state index is -0.192. The number of hydrogen-bond donors (Lipinski definition) is 1. The van der Waals surface area contributed by atoms with E-state index in [1.807, 2.05) is 6.92 Å². The zero-order chi connectivity index (χ0) is 8.27. The van der Waals surface area contributed by atoms with Gasteiger partial charge in [0.1, 0.15) is 6.23 Å². The van der Waals surface area contributed by atoms with E-state index < -0.39 is 0 Å². The lowest BCUT2D eigenvalue weighted by molar-refractivity contribution is -0.0172. The second-order valence-electron chi connectivity index (χ2n) is 3.61. The summed E-state index contributed by atoms with van der Waals surface area (Å²) in [5, 5.41) is 9.49. The molecule has 0 aliphatic carbocycles. The van der Waals surface area contributed by atoms with Gasteiger partial charge in [-0.15, -0.1) is 0 Å². The van der Waals surface area contributed by atoms with Crippen molar-refractivity contribution in [1.82, 2.24) is 4.90 Å². The number of rotatable bonds is 2. The molecule has 0 spiro atoms. The summed E-state index contributed by atoms with van der Waals surface area (Å²) < 4.78 is 0. The van der Waals surface area contributed by atoms with Crippen LogP contribution in [0.2, 0.25) is 0 Å². The van der Waals surface area contributed by atoms with Gasteiger partial charge in [-0.3, -0.25) is 4.90 Å². The maximum absolute atomic E-state index is 9.49. The fourth-order valence-corrected chi connectivity index (χ4v) is 1.58. The topological polar surface area (TPSA) is 23.5 Å². The lowest BCUT2D eigenvalue weighted by atomic mass is 9.99. The SMILES string of the molecule is CCC(O)N1CCC(C)CC1. The van der Waals surface area contributed by atoms with Gasteiger partial charge in [-0.25, -0.2) is 0 Å². The van der Waals surface area contributed by atoms with Gasteiger partial charge in [0.05, 0.1) is 0 Å². The van der Waals surface area contributed by atoms with Gasteiger partial charge >= 0.3 is 0 Å². The van der Waals surface area contributed by atoms with E-state index in [0.717, 1.165) is 25.4 Å². The van der Waals surface area contributed by atoms with Gasteiger partial charge in [0.25, 0.3) is 0 Å². The van der Waals surface area contributed by atoms with Crippen molar-refractivity contribution >= 4 is 0 Å². The Bertz CT molecular complexity index is 108. The predicted molar refractivity (Wildman–Crippen MR) is 46.3 cm³/mol. The molecule has 0 aromatic rings. The molecule has 2 nitrogen and oxygen atoms in total. The zero-order valence-electron chi connectivity index (χ0n) is 7.58. The van der Waals surface area contributed by atoms with E-state index >= 15 is 0 Å². The van der Waals surface area contributed by atoms with Crippen LogP contribution in [0.1, 0.15) is 33.1 Å². The molecule has 1 fully saturated rings. The maximum atomic E-state index is 9.49. The first-order valence-corrected chi connectivity index (χ1v) is 4.66. The van der Waals surface area contributed by atoms with Crippen molar-refractivity contribution in [2.45, 2.75) is 39.3 Å². The van der Waals surface area contributed by atoms with Gasteiger partial charge in [-0.05, 0) is 25.2 Å². The number of aliphatic hydroxyl groups is 1. The van der Waals surface area contributed by atoms with E-state index in [2.05, 4.69) is 11.8 Å². The summed E-state index contributed by atoms with van der Waals surface area (Å²) in [5.74, 6) is 0.857. The molecule has 1 aliphatic rings. The molecule has 0 aromatic heterocycles. The highest BCUT2D eigenvalue weighted by Gasteiger charge is 2.19. The molecule has 2 heteroatoms. The highest BCUT2D eigenvalue weighted by atomic mass is 16.3. The second kappa shape index (κ2) is 4.07. The average molecular weight is 157 g/mol. The van der Waals surface area contributed by atoms with Crippen LogP contribution in [0.3, 0.4) is 0 Å². The zero-order valence-corrected chi connectivity index (χ0v) is 7.58. The number of nitrogens with zero attached hydrogens (tertiary/aromatic N) is 1. The Morgan fingerprint density at radius 3 is 2.45 bits per heavy atom. The van der Waals surface area contributed by atoms with Gasteiger partial charge in [0, 0.05) is 13.1 Å². The van der Waals surface area contributed by atoms with Crippen LogP contribution in [0.5, 0.6) is 0 Å². The highest BCUT2D eigenvalue weighted by molar-refractivity contribution is 4.70. The Hall–Kier alpha value is -0.0800. The molecule has 0 saturated carbocycles. The molecule has 1 aliphatic heterocycles. The molecule has 0 radical (unpaired) electrons. The van der Waals surface area contributed by atoms with E-state index in [0.29, 0.717) is 0 Å². The summed E-state index contributed by atoms with van der Waals surface area (Å²) in [7, 11) is 0. The summed E-state index contributed by atoms with van der Waals surface area (Å²) in [6.45, 7) is 6.48. The number of piperidine rings is 1. The van der Waals surface area contributed by atoms with Gasteiger partial charge in [0.2, 0.25) is 0 Å². The van der Waals surface area contributed by atoms with Crippen LogP contribution in [-0.2, 0) is 0 Å². The Labute approximate surface area is 69.2 Å². The summed E-state index contributed by atoms with van der Waals surface area (Å²) >= 11 is 0. The average Bonchev–Trinajstić information content (AvgIpc) is 2.05. The van der Waals surface area contributed by atoms with E-state index in [1.54, 1.807) is 0 Å². The predicted octanol–water partition coefficient (Wildman–Crippen LogP) is 1.45. The first kappa shape index (κ1) is 9.01. The number of aliphatic hydroxyl groups excluding tert-OH is 1. The van der Waals surface area contributed by atoms with Crippen LogP contribution >= 0.6 is 0 Å². The third kappa shape index (κ3) is 2.46. The van der Waals surface area contributed by atoms with E-state index in [4.69, 9.17) is 0 Å². The Kier molecular flexibility index (Phi) is 3.34. The Morgan fingerprint density at radius 1 is 1.45 bits per heavy atom. The summed E-state index contributed by atoms with van der Waals surface area (Å²) in [6.07, 6.45) is 3.16. The van der Waals surface area contributed by atoms with Gasteiger partial charge in [0.15, 0.2) is 0 Å². The molecule has 1 atom stereocenters. The van der Waals surface area contributed by atoms with Crippen LogP contribution in [0.15, 0.2) is 0 Å². The number of hydrogen-bond acceptors (Lipinski definition) is 2. The molecule has 0 bridgehead atoms.